The molecule has 1 aliphatic carbocycles. The van der Waals surface area contributed by atoms with Crippen LogP contribution in [0, 0.1) is 0 Å². The highest BCUT2D eigenvalue weighted by atomic mass is 16.3. The molecule has 3 heteroatoms. The third-order valence-electron chi connectivity index (χ3n) is 14.0. The molecule has 0 N–H and O–H groups in total. The van der Waals surface area contributed by atoms with Gasteiger partial charge in [-0.15, -0.1) is 0 Å². The molecule has 1 aliphatic rings. The second-order valence-corrected chi connectivity index (χ2v) is 17.2. The molecule has 0 saturated carbocycles. The highest BCUT2D eigenvalue weighted by molar-refractivity contribution is 6.14. The van der Waals surface area contributed by atoms with E-state index in [2.05, 4.69) is 228 Å². The number of furan rings is 1. The summed E-state index contributed by atoms with van der Waals surface area (Å²) < 4.78 is 11.1. The fourth-order valence-corrected chi connectivity index (χ4v) is 11.4. The summed E-state index contributed by atoms with van der Waals surface area (Å²) in [5, 5.41) is 7.19. The van der Waals surface area contributed by atoms with E-state index in [4.69, 9.17) is 4.42 Å². The molecule has 0 radical (unpaired) electrons. The molecular weight excluding hydrogens is 777 g/mol. The molecule has 0 saturated heterocycles. The molecule has 0 fully saturated rings. The van der Waals surface area contributed by atoms with Crippen LogP contribution < -0.4 is 0 Å². The van der Waals surface area contributed by atoms with E-state index in [0.29, 0.717) is 0 Å². The maximum Gasteiger partial charge on any atom is 0.135 e. The fraction of sp³-hybridized carbons (Fsp3) is 0.0164. The maximum atomic E-state index is 6.21. The summed E-state index contributed by atoms with van der Waals surface area (Å²) in [5.41, 5.74) is 18.5. The van der Waals surface area contributed by atoms with Crippen molar-refractivity contribution in [3.63, 3.8) is 0 Å². The van der Waals surface area contributed by atoms with Crippen molar-refractivity contribution in [2.75, 3.05) is 0 Å². The van der Waals surface area contributed by atoms with E-state index in [1.165, 1.54) is 93.8 Å². The molecule has 3 aromatic heterocycles. The number of fused-ring (bicyclic) bond motifs is 12. The van der Waals surface area contributed by atoms with Crippen molar-refractivity contribution in [3.8, 4) is 33.6 Å². The lowest BCUT2D eigenvalue weighted by Gasteiger charge is -2.34. The van der Waals surface area contributed by atoms with Crippen molar-refractivity contribution >= 4 is 65.6 Å². The van der Waals surface area contributed by atoms with Crippen molar-refractivity contribution < 1.29 is 4.42 Å². The number of nitrogens with zero attached hydrogens (tertiary/aromatic N) is 2. The number of benzene rings is 10. The Bertz CT molecular complexity index is 3980. The Balaban J connectivity index is 0.961. The van der Waals surface area contributed by atoms with Crippen LogP contribution in [-0.4, -0.2) is 9.13 Å². The molecular formula is C61H38N2O. The zero-order chi connectivity index (χ0) is 41.9. The Labute approximate surface area is 369 Å². The van der Waals surface area contributed by atoms with Crippen LogP contribution in [0.3, 0.4) is 0 Å². The lowest BCUT2D eigenvalue weighted by Crippen LogP contribution is -2.28. The monoisotopic (exact) mass is 814 g/mol. The molecule has 64 heavy (non-hydrogen) atoms. The lowest BCUT2D eigenvalue weighted by molar-refractivity contribution is 0.669. The van der Waals surface area contributed by atoms with Crippen molar-refractivity contribution in [2.24, 2.45) is 0 Å². The third kappa shape index (κ3) is 4.76. The van der Waals surface area contributed by atoms with Gasteiger partial charge in [0.2, 0.25) is 0 Å². The summed E-state index contributed by atoms with van der Waals surface area (Å²) in [4.78, 5) is 0. The summed E-state index contributed by atoms with van der Waals surface area (Å²) in [5.74, 6) is 0. The standard InChI is InChI=1S/C61H38N2O/c1-3-16-41(17-4-1)61(42-18-5-2-6-19-42)51-24-11-7-23-47(51)60-52(61)25-15-28-57(60)63-54-27-13-9-21-45(54)49-37-40(31-34-56(49)63)39-30-33-55-48(36-39)44-20-8-12-26-53(44)62(55)43-32-35-59-50(38-43)46-22-10-14-29-58(46)64-59/h1-38H. The van der Waals surface area contributed by atoms with E-state index >= 15 is 0 Å². The molecule has 3 heterocycles. The smallest absolute Gasteiger partial charge is 0.135 e. The summed E-state index contributed by atoms with van der Waals surface area (Å²) in [6, 6.07) is 84.7. The number of hydrogen-bond acceptors (Lipinski definition) is 1. The van der Waals surface area contributed by atoms with Crippen LogP contribution in [0.4, 0.5) is 0 Å². The minimum absolute atomic E-state index is 0.474. The average Bonchev–Trinajstić information content (AvgIpc) is 4.09. The van der Waals surface area contributed by atoms with E-state index in [1.807, 2.05) is 12.1 Å². The van der Waals surface area contributed by atoms with E-state index in [1.54, 1.807) is 0 Å². The first-order valence-corrected chi connectivity index (χ1v) is 22.1. The van der Waals surface area contributed by atoms with Crippen molar-refractivity contribution in [1.29, 1.82) is 0 Å². The van der Waals surface area contributed by atoms with E-state index in [-0.39, 0.29) is 0 Å². The lowest BCUT2D eigenvalue weighted by atomic mass is 9.68. The highest BCUT2D eigenvalue weighted by Gasteiger charge is 2.47. The third-order valence-corrected chi connectivity index (χ3v) is 14.0. The Morgan fingerprint density at radius 2 is 0.859 bits per heavy atom. The second-order valence-electron chi connectivity index (χ2n) is 17.2. The van der Waals surface area contributed by atoms with Gasteiger partial charge in [-0.25, -0.2) is 0 Å². The SMILES string of the molecule is c1ccc(C2(c3ccccc3)c3ccccc3-c3c(-n4c5ccccc5c5cc(-c6ccc7c(c6)c6ccccc6n7-c6ccc7oc8ccccc8c7c6)ccc54)cccc32)cc1. The summed E-state index contributed by atoms with van der Waals surface area (Å²) >= 11 is 0. The van der Waals surface area contributed by atoms with Gasteiger partial charge in [0.05, 0.1) is 33.2 Å². The molecule has 10 aromatic carbocycles. The van der Waals surface area contributed by atoms with Crippen LogP contribution in [0.15, 0.2) is 235 Å². The zero-order valence-corrected chi connectivity index (χ0v) is 34.7. The van der Waals surface area contributed by atoms with Crippen LogP contribution in [0.25, 0.3) is 99.2 Å². The first kappa shape index (κ1) is 35.2. The second kappa shape index (κ2) is 13.3. The maximum absolute atomic E-state index is 6.21. The van der Waals surface area contributed by atoms with Crippen molar-refractivity contribution in [3.05, 3.63) is 253 Å². The molecule has 0 unspecified atom stereocenters. The Morgan fingerprint density at radius 1 is 0.328 bits per heavy atom. The van der Waals surface area contributed by atoms with Gasteiger partial charge in [-0.05, 0) is 106 Å². The van der Waals surface area contributed by atoms with Gasteiger partial charge in [-0.2, -0.15) is 0 Å². The number of aromatic nitrogens is 2. The number of hydrogen-bond donors (Lipinski definition) is 0. The van der Waals surface area contributed by atoms with Crippen molar-refractivity contribution in [1.82, 2.24) is 9.13 Å². The van der Waals surface area contributed by atoms with Gasteiger partial charge in [-0.3, -0.25) is 0 Å². The quantitative estimate of drug-likeness (QED) is 0.170. The van der Waals surface area contributed by atoms with Crippen molar-refractivity contribution in [2.45, 2.75) is 5.41 Å². The number of para-hydroxylation sites is 3. The van der Waals surface area contributed by atoms with Gasteiger partial charge in [0, 0.05) is 43.6 Å². The molecule has 0 atom stereocenters. The zero-order valence-electron chi connectivity index (χ0n) is 34.7. The summed E-state index contributed by atoms with van der Waals surface area (Å²) in [6.07, 6.45) is 0. The van der Waals surface area contributed by atoms with Gasteiger partial charge in [-0.1, -0.05) is 164 Å². The predicted molar refractivity (Wildman–Crippen MR) is 265 cm³/mol. The van der Waals surface area contributed by atoms with Gasteiger partial charge in [0.15, 0.2) is 0 Å². The van der Waals surface area contributed by atoms with Crippen LogP contribution in [0.2, 0.25) is 0 Å². The normalized spacial score (nSPS) is 13.1. The van der Waals surface area contributed by atoms with Crippen LogP contribution in [0.5, 0.6) is 0 Å². The summed E-state index contributed by atoms with van der Waals surface area (Å²) in [6.45, 7) is 0. The fourth-order valence-electron chi connectivity index (χ4n) is 11.4. The molecule has 0 bridgehead atoms. The Morgan fingerprint density at radius 3 is 1.56 bits per heavy atom. The Hall–Kier alpha value is -8.40. The molecule has 0 aliphatic heterocycles. The molecule has 298 valence electrons. The van der Waals surface area contributed by atoms with E-state index in [0.717, 1.165) is 27.6 Å². The molecule has 14 rings (SSSR count). The topological polar surface area (TPSA) is 23.0 Å². The van der Waals surface area contributed by atoms with Crippen LogP contribution in [0.1, 0.15) is 22.3 Å². The Kier molecular flexibility index (Phi) is 7.32. The van der Waals surface area contributed by atoms with E-state index < -0.39 is 5.41 Å². The molecule has 13 aromatic rings. The molecule has 0 spiro atoms. The first-order valence-electron chi connectivity index (χ1n) is 22.1. The minimum Gasteiger partial charge on any atom is -0.456 e. The highest BCUT2D eigenvalue weighted by Crippen LogP contribution is 2.58. The summed E-state index contributed by atoms with van der Waals surface area (Å²) in [7, 11) is 0. The average molecular weight is 815 g/mol. The van der Waals surface area contributed by atoms with Gasteiger partial charge in [0.1, 0.15) is 11.2 Å². The minimum atomic E-state index is -0.474. The van der Waals surface area contributed by atoms with Gasteiger partial charge in [0.25, 0.3) is 0 Å². The largest absolute Gasteiger partial charge is 0.456 e. The van der Waals surface area contributed by atoms with Crippen LogP contribution in [-0.2, 0) is 5.41 Å². The first-order chi connectivity index (χ1) is 31.8. The van der Waals surface area contributed by atoms with Crippen LogP contribution >= 0.6 is 0 Å². The van der Waals surface area contributed by atoms with E-state index in [9.17, 15) is 0 Å². The number of rotatable bonds is 5. The molecule has 0 amide bonds. The van der Waals surface area contributed by atoms with Gasteiger partial charge >= 0.3 is 0 Å². The van der Waals surface area contributed by atoms with Gasteiger partial charge < -0.3 is 13.6 Å². The predicted octanol–water partition coefficient (Wildman–Crippen LogP) is 15.8. The molecule has 3 nitrogen and oxygen atoms in total.